The molecule has 2 heteroatoms. The predicted molar refractivity (Wildman–Crippen MR) is 85.4 cm³/mol. The van der Waals surface area contributed by atoms with Crippen molar-refractivity contribution in [2.24, 2.45) is 5.92 Å². The number of terminal acetylenes is 1. The molecule has 0 bridgehead atoms. The molecule has 2 rings (SSSR count). The van der Waals surface area contributed by atoms with Crippen LogP contribution in [0.5, 0.6) is 0 Å². The molecule has 0 radical (unpaired) electrons. The monoisotopic (exact) mass is 274 g/mol. The van der Waals surface area contributed by atoms with Crippen LogP contribution in [0.25, 0.3) is 0 Å². The van der Waals surface area contributed by atoms with Gasteiger partial charge in [-0.25, -0.2) is 0 Å². The first-order valence-electron chi connectivity index (χ1n) is 6.52. The lowest BCUT2D eigenvalue weighted by Crippen LogP contribution is -2.39. The molecule has 1 heterocycles. The zero-order chi connectivity index (χ0) is 13.6. The fourth-order valence-corrected chi connectivity index (χ4v) is 4.85. The maximum Gasteiger partial charge on any atom is 0.0776 e. The molecule has 0 fully saturated rings. The molecule has 0 N–H and O–H groups in total. The second kappa shape index (κ2) is 4.47. The first kappa shape index (κ1) is 13.8. The predicted octanol–water partition coefficient (Wildman–Crippen LogP) is 3.91. The number of hydrogen-bond donors (Lipinski definition) is 0. The number of hydrogen-bond acceptors (Lipinski definition) is 1. The molecule has 0 saturated carbocycles. The lowest BCUT2D eigenvalue weighted by Gasteiger charge is -2.36. The smallest absolute Gasteiger partial charge is 0.0776 e. The Kier molecular flexibility index (Phi) is 3.42. The first-order valence-corrected chi connectivity index (χ1v) is 10.8. The standard InChI is InChI=1S/C16H22SSi/c1-7-13-10-12-11-14(18(4,5)6)8-9-15(12)17-16(13,2)3/h1,8-9,11,13H,10H2,2-6H3. The molecule has 0 nitrogen and oxygen atoms in total. The maximum absolute atomic E-state index is 5.71. The van der Waals surface area contributed by atoms with Crippen LogP contribution in [-0.2, 0) is 6.42 Å². The molecule has 0 aromatic heterocycles. The summed E-state index contributed by atoms with van der Waals surface area (Å²) in [4.78, 5) is 1.42. The van der Waals surface area contributed by atoms with Crippen molar-refractivity contribution in [1.82, 2.24) is 0 Å². The third kappa shape index (κ3) is 2.53. The van der Waals surface area contributed by atoms with E-state index in [2.05, 4.69) is 57.6 Å². The Balaban J connectivity index is 2.43. The van der Waals surface area contributed by atoms with E-state index in [1.165, 1.54) is 15.6 Å². The van der Waals surface area contributed by atoms with Crippen LogP contribution in [-0.4, -0.2) is 12.8 Å². The third-order valence-electron chi connectivity index (χ3n) is 3.76. The number of thioether (sulfide) groups is 1. The second-order valence-corrected chi connectivity index (χ2v) is 13.5. The van der Waals surface area contributed by atoms with E-state index in [-0.39, 0.29) is 4.75 Å². The van der Waals surface area contributed by atoms with Gasteiger partial charge < -0.3 is 0 Å². The van der Waals surface area contributed by atoms with E-state index in [4.69, 9.17) is 6.42 Å². The van der Waals surface area contributed by atoms with Crippen LogP contribution >= 0.6 is 11.8 Å². The van der Waals surface area contributed by atoms with Crippen LogP contribution in [0.3, 0.4) is 0 Å². The van der Waals surface area contributed by atoms with Crippen LogP contribution in [0.4, 0.5) is 0 Å². The summed E-state index contributed by atoms with van der Waals surface area (Å²) < 4.78 is 0.155. The minimum Gasteiger partial charge on any atom is -0.120 e. The number of rotatable bonds is 1. The second-order valence-electron chi connectivity index (χ2n) is 6.70. The van der Waals surface area contributed by atoms with Gasteiger partial charge in [0.15, 0.2) is 0 Å². The van der Waals surface area contributed by atoms with E-state index in [1.54, 1.807) is 0 Å². The summed E-state index contributed by atoms with van der Waals surface area (Å²) in [6, 6.07) is 7.04. The molecule has 1 aromatic carbocycles. The van der Waals surface area contributed by atoms with E-state index < -0.39 is 8.07 Å². The molecule has 0 aliphatic carbocycles. The Morgan fingerprint density at radius 3 is 2.56 bits per heavy atom. The van der Waals surface area contributed by atoms with Gasteiger partial charge in [0, 0.05) is 15.6 Å². The molecular weight excluding hydrogens is 252 g/mol. The van der Waals surface area contributed by atoms with Gasteiger partial charge in [0.05, 0.1) is 8.07 Å². The fraction of sp³-hybridized carbons (Fsp3) is 0.500. The lowest BCUT2D eigenvalue weighted by molar-refractivity contribution is 0.511. The summed E-state index contributed by atoms with van der Waals surface area (Å²) in [5.41, 5.74) is 1.46. The molecule has 1 aliphatic heterocycles. The Labute approximate surface area is 117 Å². The maximum atomic E-state index is 5.71. The van der Waals surface area contributed by atoms with Crippen molar-refractivity contribution in [2.45, 2.75) is 49.6 Å². The molecule has 0 saturated heterocycles. The summed E-state index contributed by atoms with van der Waals surface area (Å²) in [5, 5.41) is 1.54. The van der Waals surface area contributed by atoms with Crippen LogP contribution in [0, 0.1) is 18.3 Å². The van der Waals surface area contributed by atoms with E-state index in [1.807, 2.05) is 11.8 Å². The molecule has 1 unspecified atom stereocenters. The molecular formula is C16H22SSi. The van der Waals surface area contributed by atoms with Gasteiger partial charge in [-0.15, -0.1) is 24.1 Å². The SMILES string of the molecule is C#CC1Cc2cc([Si](C)(C)C)ccc2SC1(C)C. The Bertz CT molecular complexity index is 503. The van der Waals surface area contributed by atoms with Gasteiger partial charge in [-0.05, 0) is 31.9 Å². The zero-order valence-corrected chi connectivity index (χ0v) is 13.8. The summed E-state index contributed by atoms with van der Waals surface area (Å²) in [7, 11) is -1.22. The van der Waals surface area contributed by atoms with E-state index in [0.29, 0.717) is 5.92 Å². The third-order valence-corrected chi connectivity index (χ3v) is 7.24. The number of fused-ring (bicyclic) bond motifs is 1. The fourth-order valence-electron chi connectivity index (χ4n) is 2.38. The van der Waals surface area contributed by atoms with E-state index >= 15 is 0 Å². The highest BCUT2D eigenvalue weighted by Gasteiger charge is 2.35. The van der Waals surface area contributed by atoms with Gasteiger partial charge in [0.1, 0.15) is 0 Å². The van der Waals surface area contributed by atoms with Crippen molar-refractivity contribution in [3.05, 3.63) is 23.8 Å². The van der Waals surface area contributed by atoms with Gasteiger partial charge in [-0.3, -0.25) is 0 Å². The molecule has 0 amide bonds. The minimum absolute atomic E-state index is 0.155. The average molecular weight is 275 g/mol. The topological polar surface area (TPSA) is 0 Å². The highest BCUT2D eigenvalue weighted by Crippen LogP contribution is 2.45. The largest absolute Gasteiger partial charge is 0.120 e. The van der Waals surface area contributed by atoms with E-state index in [0.717, 1.165) is 6.42 Å². The Morgan fingerprint density at radius 1 is 1.33 bits per heavy atom. The molecule has 1 atom stereocenters. The molecule has 0 spiro atoms. The van der Waals surface area contributed by atoms with Crippen LogP contribution in [0.15, 0.2) is 23.1 Å². The summed E-state index contributed by atoms with van der Waals surface area (Å²) in [6.07, 6.45) is 6.74. The van der Waals surface area contributed by atoms with Gasteiger partial charge >= 0.3 is 0 Å². The summed E-state index contributed by atoms with van der Waals surface area (Å²) >= 11 is 1.94. The average Bonchev–Trinajstić information content (AvgIpc) is 2.25. The summed E-state index contributed by atoms with van der Waals surface area (Å²) in [6.45, 7) is 11.7. The van der Waals surface area contributed by atoms with Crippen molar-refractivity contribution < 1.29 is 0 Å². The van der Waals surface area contributed by atoms with Crippen LogP contribution in [0.1, 0.15) is 19.4 Å². The van der Waals surface area contributed by atoms with Gasteiger partial charge in [-0.1, -0.05) is 37.0 Å². The van der Waals surface area contributed by atoms with Crippen molar-refractivity contribution in [3.8, 4) is 12.3 Å². The van der Waals surface area contributed by atoms with Gasteiger partial charge in [0.2, 0.25) is 0 Å². The van der Waals surface area contributed by atoms with Crippen molar-refractivity contribution in [1.29, 1.82) is 0 Å². The quantitative estimate of drug-likeness (QED) is 0.553. The van der Waals surface area contributed by atoms with Crippen molar-refractivity contribution >= 4 is 25.0 Å². The first-order chi connectivity index (χ1) is 8.24. The Hall–Kier alpha value is -0.653. The highest BCUT2D eigenvalue weighted by atomic mass is 32.2. The summed E-state index contributed by atoms with van der Waals surface area (Å²) in [5.74, 6) is 3.32. The number of benzene rings is 1. The van der Waals surface area contributed by atoms with Crippen molar-refractivity contribution in [3.63, 3.8) is 0 Å². The molecule has 1 aliphatic rings. The van der Waals surface area contributed by atoms with Crippen molar-refractivity contribution in [2.75, 3.05) is 0 Å². The van der Waals surface area contributed by atoms with Gasteiger partial charge in [-0.2, -0.15) is 0 Å². The highest BCUT2D eigenvalue weighted by molar-refractivity contribution is 8.00. The molecule has 18 heavy (non-hydrogen) atoms. The lowest BCUT2D eigenvalue weighted by atomic mass is 9.88. The van der Waals surface area contributed by atoms with Crippen LogP contribution < -0.4 is 5.19 Å². The van der Waals surface area contributed by atoms with Crippen LogP contribution in [0.2, 0.25) is 19.6 Å². The van der Waals surface area contributed by atoms with E-state index in [9.17, 15) is 0 Å². The minimum atomic E-state index is -1.22. The molecule has 1 aromatic rings. The zero-order valence-electron chi connectivity index (χ0n) is 12.0. The normalized spacial score (nSPS) is 22.1. The molecule has 96 valence electrons. The Morgan fingerprint density at radius 2 is 2.00 bits per heavy atom. The van der Waals surface area contributed by atoms with Gasteiger partial charge in [0.25, 0.3) is 0 Å².